The molecule has 0 aliphatic heterocycles. The number of aromatic nitrogens is 1. The zero-order chi connectivity index (χ0) is 17.0. The molecular formula is C16H15F3N2O2. The molecule has 0 aliphatic carbocycles. The van der Waals surface area contributed by atoms with E-state index in [0.29, 0.717) is 11.8 Å². The van der Waals surface area contributed by atoms with Crippen molar-refractivity contribution in [3.8, 4) is 0 Å². The van der Waals surface area contributed by atoms with Crippen LogP contribution in [0.25, 0.3) is 0 Å². The van der Waals surface area contributed by atoms with Crippen LogP contribution in [0.2, 0.25) is 0 Å². The number of pyridine rings is 1. The van der Waals surface area contributed by atoms with Crippen molar-refractivity contribution in [1.29, 1.82) is 0 Å². The molecule has 0 spiro atoms. The molecule has 0 radical (unpaired) electrons. The molecule has 0 aliphatic rings. The minimum Gasteiger partial charge on any atom is -0.325 e. The minimum absolute atomic E-state index is 0.487. The van der Waals surface area contributed by atoms with E-state index >= 15 is 0 Å². The molecule has 1 aromatic carbocycles. The van der Waals surface area contributed by atoms with Crippen molar-refractivity contribution < 1.29 is 18.0 Å². The van der Waals surface area contributed by atoms with Gasteiger partial charge in [0.1, 0.15) is 12.1 Å². The van der Waals surface area contributed by atoms with Gasteiger partial charge in [-0.3, -0.25) is 9.59 Å². The summed E-state index contributed by atoms with van der Waals surface area (Å²) in [4.78, 5) is 23.7. The van der Waals surface area contributed by atoms with Crippen LogP contribution in [0, 0.1) is 0 Å². The number of amides is 1. The fraction of sp³-hybridized carbons (Fsp3) is 0.250. The maximum Gasteiger partial charge on any atom is 0.421 e. The lowest BCUT2D eigenvalue weighted by molar-refractivity contribution is -0.139. The van der Waals surface area contributed by atoms with Gasteiger partial charge in [0, 0.05) is 11.9 Å². The summed E-state index contributed by atoms with van der Waals surface area (Å²) < 4.78 is 38.8. The third kappa shape index (κ3) is 4.21. The summed E-state index contributed by atoms with van der Waals surface area (Å²) in [6, 6.07) is 8.90. The van der Waals surface area contributed by atoms with E-state index in [2.05, 4.69) is 5.32 Å². The fourth-order valence-electron chi connectivity index (χ4n) is 2.10. The van der Waals surface area contributed by atoms with E-state index in [9.17, 15) is 22.8 Å². The lowest BCUT2D eigenvalue weighted by atomic mass is 10.1. The van der Waals surface area contributed by atoms with Gasteiger partial charge in [-0.1, -0.05) is 19.1 Å². The van der Waals surface area contributed by atoms with Crippen molar-refractivity contribution in [2.75, 3.05) is 5.32 Å². The van der Waals surface area contributed by atoms with Crippen LogP contribution in [-0.4, -0.2) is 10.5 Å². The molecule has 0 bridgehead atoms. The van der Waals surface area contributed by atoms with E-state index in [1.165, 1.54) is 0 Å². The number of hydrogen-bond acceptors (Lipinski definition) is 2. The molecule has 1 N–H and O–H groups in total. The highest BCUT2D eigenvalue weighted by Gasteiger charge is 2.34. The van der Waals surface area contributed by atoms with Crippen LogP contribution in [-0.2, 0) is 23.9 Å². The van der Waals surface area contributed by atoms with Gasteiger partial charge in [-0.25, -0.2) is 0 Å². The van der Waals surface area contributed by atoms with Crippen LogP contribution in [0.4, 0.5) is 18.9 Å². The average Bonchev–Trinajstić information content (AvgIpc) is 2.48. The standard InChI is InChI=1S/C16H15F3N2O2/c1-2-11-5-3-6-12(9-11)20-14(22)10-21-8-4-7-13(15(21)23)16(17,18)19/h3-9H,2,10H2,1H3,(H,20,22). The van der Waals surface area contributed by atoms with Crippen molar-refractivity contribution in [3.63, 3.8) is 0 Å². The zero-order valence-corrected chi connectivity index (χ0v) is 12.4. The Balaban J connectivity index is 2.16. The van der Waals surface area contributed by atoms with Crippen molar-refractivity contribution >= 4 is 11.6 Å². The monoisotopic (exact) mass is 324 g/mol. The van der Waals surface area contributed by atoms with Crippen LogP contribution in [0.15, 0.2) is 47.4 Å². The van der Waals surface area contributed by atoms with Crippen LogP contribution in [0.3, 0.4) is 0 Å². The predicted octanol–water partition coefficient (Wildman–Crippen LogP) is 3.07. The number of carbonyl (C=O) groups excluding carboxylic acids is 1. The lowest BCUT2D eigenvalue weighted by Gasteiger charge is -2.11. The second-order valence-corrected chi connectivity index (χ2v) is 4.95. The van der Waals surface area contributed by atoms with Crippen molar-refractivity contribution in [3.05, 3.63) is 64.1 Å². The summed E-state index contributed by atoms with van der Waals surface area (Å²) in [6.07, 6.45) is -2.80. The van der Waals surface area contributed by atoms with E-state index < -0.39 is 29.8 Å². The predicted molar refractivity (Wildman–Crippen MR) is 80.2 cm³/mol. The normalized spacial score (nSPS) is 11.3. The molecule has 0 fully saturated rings. The number of alkyl halides is 3. The third-order valence-electron chi connectivity index (χ3n) is 3.26. The molecule has 1 heterocycles. The number of nitrogens with zero attached hydrogens (tertiary/aromatic N) is 1. The summed E-state index contributed by atoms with van der Waals surface area (Å²) in [7, 11) is 0. The van der Waals surface area contributed by atoms with Gasteiger partial charge in [-0.15, -0.1) is 0 Å². The molecule has 0 atom stereocenters. The molecule has 2 rings (SSSR count). The Bertz CT molecular complexity index is 766. The maximum absolute atomic E-state index is 12.7. The summed E-state index contributed by atoms with van der Waals surface area (Å²) in [6.45, 7) is 1.47. The van der Waals surface area contributed by atoms with Gasteiger partial charge in [-0.2, -0.15) is 13.2 Å². The summed E-state index contributed by atoms with van der Waals surface area (Å²) in [5, 5.41) is 2.57. The fourth-order valence-corrected chi connectivity index (χ4v) is 2.10. The smallest absolute Gasteiger partial charge is 0.325 e. The Morgan fingerprint density at radius 1 is 1.22 bits per heavy atom. The molecule has 0 saturated heterocycles. The van der Waals surface area contributed by atoms with Crippen LogP contribution < -0.4 is 10.9 Å². The Morgan fingerprint density at radius 3 is 2.61 bits per heavy atom. The van der Waals surface area contributed by atoms with Gasteiger partial charge >= 0.3 is 6.18 Å². The number of nitrogens with one attached hydrogen (secondary N) is 1. The molecule has 0 saturated carbocycles. The van der Waals surface area contributed by atoms with E-state index in [0.717, 1.165) is 28.8 Å². The Labute approximate surface area is 130 Å². The molecule has 122 valence electrons. The zero-order valence-electron chi connectivity index (χ0n) is 12.4. The number of benzene rings is 1. The first-order valence-corrected chi connectivity index (χ1v) is 6.96. The molecule has 1 amide bonds. The molecule has 0 unspecified atom stereocenters. The summed E-state index contributed by atoms with van der Waals surface area (Å²) >= 11 is 0. The quantitative estimate of drug-likeness (QED) is 0.940. The first-order chi connectivity index (χ1) is 10.8. The van der Waals surface area contributed by atoms with Gasteiger partial charge in [-0.05, 0) is 36.2 Å². The maximum atomic E-state index is 12.7. The summed E-state index contributed by atoms with van der Waals surface area (Å²) in [5.74, 6) is -0.570. The first-order valence-electron chi connectivity index (χ1n) is 6.96. The van der Waals surface area contributed by atoms with Crippen molar-refractivity contribution in [2.24, 2.45) is 0 Å². The molecule has 4 nitrogen and oxygen atoms in total. The number of rotatable bonds is 4. The Morgan fingerprint density at radius 2 is 1.96 bits per heavy atom. The van der Waals surface area contributed by atoms with E-state index in [1.807, 2.05) is 13.0 Å². The van der Waals surface area contributed by atoms with Gasteiger partial charge in [0.2, 0.25) is 5.91 Å². The number of anilines is 1. The molecule has 7 heteroatoms. The molecular weight excluding hydrogens is 309 g/mol. The third-order valence-corrected chi connectivity index (χ3v) is 3.26. The van der Waals surface area contributed by atoms with Crippen molar-refractivity contribution in [1.82, 2.24) is 4.57 Å². The van der Waals surface area contributed by atoms with Crippen LogP contribution in [0.1, 0.15) is 18.1 Å². The molecule has 2 aromatic rings. The second kappa shape index (κ2) is 6.68. The highest BCUT2D eigenvalue weighted by molar-refractivity contribution is 5.90. The summed E-state index contributed by atoms with van der Waals surface area (Å²) in [5.41, 5.74) is -0.980. The molecule has 1 aromatic heterocycles. The van der Waals surface area contributed by atoms with Gasteiger partial charge in [0.25, 0.3) is 5.56 Å². The van der Waals surface area contributed by atoms with Crippen molar-refractivity contribution in [2.45, 2.75) is 26.1 Å². The highest BCUT2D eigenvalue weighted by Crippen LogP contribution is 2.25. The number of hydrogen-bond donors (Lipinski definition) is 1. The molecule has 23 heavy (non-hydrogen) atoms. The van der Waals surface area contributed by atoms with Gasteiger partial charge in [0.05, 0.1) is 0 Å². The SMILES string of the molecule is CCc1cccc(NC(=O)Cn2cccc(C(F)(F)F)c2=O)c1. The second-order valence-electron chi connectivity index (χ2n) is 4.95. The number of carbonyl (C=O) groups is 1. The minimum atomic E-state index is -4.74. The largest absolute Gasteiger partial charge is 0.421 e. The van der Waals surface area contributed by atoms with E-state index in [4.69, 9.17) is 0 Å². The number of halogens is 3. The Hall–Kier alpha value is -2.57. The van der Waals surface area contributed by atoms with Crippen LogP contribution >= 0.6 is 0 Å². The Kier molecular flexibility index (Phi) is 4.88. The average molecular weight is 324 g/mol. The highest BCUT2D eigenvalue weighted by atomic mass is 19.4. The van der Waals surface area contributed by atoms with Crippen LogP contribution in [0.5, 0.6) is 0 Å². The van der Waals surface area contributed by atoms with E-state index in [1.54, 1.807) is 18.2 Å². The van der Waals surface area contributed by atoms with Gasteiger partial charge in [0.15, 0.2) is 0 Å². The van der Waals surface area contributed by atoms with Gasteiger partial charge < -0.3 is 9.88 Å². The topological polar surface area (TPSA) is 51.1 Å². The lowest BCUT2D eigenvalue weighted by Crippen LogP contribution is -2.31. The number of aryl methyl sites for hydroxylation is 1. The first kappa shape index (κ1) is 16.8. The van der Waals surface area contributed by atoms with E-state index in [-0.39, 0.29) is 0 Å².